The summed E-state index contributed by atoms with van der Waals surface area (Å²) >= 11 is 0. The number of rotatable bonds is 4. The molecule has 2 atom stereocenters. The van der Waals surface area contributed by atoms with Crippen molar-refractivity contribution in [3.8, 4) is 0 Å². The summed E-state index contributed by atoms with van der Waals surface area (Å²) in [6, 6.07) is 9.05. The zero-order valence-electron chi connectivity index (χ0n) is 11.5. The summed E-state index contributed by atoms with van der Waals surface area (Å²) in [5.74, 6) is 0.876. The van der Waals surface area contributed by atoms with Gasteiger partial charge < -0.3 is 5.32 Å². The smallest absolute Gasteiger partial charge is 0.237 e. The van der Waals surface area contributed by atoms with Crippen molar-refractivity contribution in [2.45, 2.75) is 44.7 Å². The van der Waals surface area contributed by atoms with Gasteiger partial charge in [-0.15, -0.1) is 0 Å². The lowest BCUT2D eigenvalue weighted by Crippen LogP contribution is -2.49. The van der Waals surface area contributed by atoms with Crippen LogP contribution in [0.5, 0.6) is 0 Å². The molecule has 3 rings (SSSR count). The van der Waals surface area contributed by atoms with E-state index in [1.807, 2.05) is 0 Å². The van der Waals surface area contributed by atoms with E-state index in [1.165, 1.54) is 24.0 Å². The molecule has 2 fully saturated rings. The van der Waals surface area contributed by atoms with E-state index in [0.29, 0.717) is 12.0 Å². The molecule has 0 radical (unpaired) electrons. The highest BCUT2D eigenvalue weighted by Crippen LogP contribution is 2.41. The van der Waals surface area contributed by atoms with Crippen molar-refractivity contribution in [1.82, 2.24) is 10.6 Å². The lowest BCUT2D eigenvalue weighted by molar-refractivity contribution is -0.124. The molecule has 1 amide bonds. The van der Waals surface area contributed by atoms with Gasteiger partial charge in [-0.1, -0.05) is 29.8 Å². The van der Waals surface area contributed by atoms with Gasteiger partial charge in [-0.25, -0.2) is 0 Å². The standard InChI is InChI=1S/C16H22N2O/c1-11-4-6-12(7-5-11)15(13-8-9-13)18-14-3-2-10-17-16(14)19/h4-7,13-15,18H,2-3,8-10H2,1H3,(H,17,19). The number of piperidine rings is 1. The number of hydrogen-bond donors (Lipinski definition) is 2. The Kier molecular flexibility index (Phi) is 3.56. The Morgan fingerprint density at radius 3 is 2.58 bits per heavy atom. The minimum absolute atomic E-state index is 0.0133. The Morgan fingerprint density at radius 1 is 1.21 bits per heavy atom. The molecule has 2 aliphatic rings. The highest BCUT2D eigenvalue weighted by atomic mass is 16.2. The molecule has 1 saturated carbocycles. The van der Waals surface area contributed by atoms with E-state index in [1.54, 1.807) is 0 Å². The van der Waals surface area contributed by atoms with Crippen LogP contribution in [0.4, 0.5) is 0 Å². The number of aryl methyl sites for hydroxylation is 1. The molecule has 2 N–H and O–H groups in total. The number of hydrogen-bond acceptors (Lipinski definition) is 2. The van der Waals surface area contributed by atoms with Gasteiger partial charge in [-0.05, 0) is 44.1 Å². The first-order valence-corrected chi connectivity index (χ1v) is 7.34. The summed E-state index contributed by atoms with van der Waals surface area (Å²) in [5.41, 5.74) is 2.61. The zero-order valence-corrected chi connectivity index (χ0v) is 11.5. The molecule has 0 spiro atoms. The number of carbonyl (C=O) groups is 1. The van der Waals surface area contributed by atoms with Gasteiger partial charge in [0.1, 0.15) is 0 Å². The molecule has 1 aromatic carbocycles. The quantitative estimate of drug-likeness (QED) is 0.870. The number of amides is 1. The van der Waals surface area contributed by atoms with Crippen LogP contribution in [-0.4, -0.2) is 18.5 Å². The average molecular weight is 258 g/mol. The van der Waals surface area contributed by atoms with Gasteiger partial charge in [0.2, 0.25) is 5.91 Å². The lowest BCUT2D eigenvalue weighted by atomic mass is 9.98. The van der Waals surface area contributed by atoms with Crippen molar-refractivity contribution in [1.29, 1.82) is 0 Å². The van der Waals surface area contributed by atoms with Crippen molar-refractivity contribution in [3.63, 3.8) is 0 Å². The second-order valence-corrected chi connectivity index (χ2v) is 5.88. The van der Waals surface area contributed by atoms with Crippen LogP contribution in [0.2, 0.25) is 0 Å². The van der Waals surface area contributed by atoms with Gasteiger partial charge in [0.05, 0.1) is 6.04 Å². The predicted octanol–water partition coefficient (Wildman–Crippen LogP) is 2.31. The Bertz CT molecular complexity index is 450. The minimum atomic E-state index is -0.0133. The SMILES string of the molecule is Cc1ccc(C(NC2CCCNC2=O)C2CC2)cc1. The maximum absolute atomic E-state index is 11.9. The average Bonchev–Trinajstić information content (AvgIpc) is 3.24. The molecule has 3 nitrogen and oxygen atoms in total. The molecule has 0 bridgehead atoms. The summed E-state index contributed by atoms with van der Waals surface area (Å²) in [5, 5.41) is 6.55. The predicted molar refractivity (Wildman–Crippen MR) is 75.8 cm³/mol. The van der Waals surface area contributed by atoms with Crippen molar-refractivity contribution in [3.05, 3.63) is 35.4 Å². The van der Waals surface area contributed by atoms with Crippen LogP contribution < -0.4 is 10.6 Å². The van der Waals surface area contributed by atoms with Gasteiger partial charge in [0, 0.05) is 12.6 Å². The van der Waals surface area contributed by atoms with E-state index in [0.717, 1.165) is 19.4 Å². The first-order valence-electron chi connectivity index (χ1n) is 7.34. The Hall–Kier alpha value is -1.35. The minimum Gasteiger partial charge on any atom is -0.355 e. The molecule has 0 aromatic heterocycles. The largest absolute Gasteiger partial charge is 0.355 e. The topological polar surface area (TPSA) is 41.1 Å². The van der Waals surface area contributed by atoms with Crippen molar-refractivity contribution < 1.29 is 4.79 Å². The van der Waals surface area contributed by atoms with Crippen LogP contribution in [0.1, 0.15) is 42.9 Å². The first-order chi connectivity index (χ1) is 9.24. The maximum atomic E-state index is 11.9. The zero-order chi connectivity index (χ0) is 13.2. The molecular formula is C16H22N2O. The molecule has 1 aliphatic carbocycles. The van der Waals surface area contributed by atoms with Gasteiger partial charge >= 0.3 is 0 Å². The Balaban J connectivity index is 1.74. The van der Waals surface area contributed by atoms with Gasteiger partial charge in [-0.2, -0.15) is 0 Å². The maximum Gasteiger partial charge on any atom is 0.237 e. The van der Waals surface area contributed by atoms with Crippen LogP contribution >= 0.6 is 0 Å². The van der Waals surface area contributed by atoms with E-state index in [-0.39, 0.29) is 11.9 Å². The number of carbonyl (C=O) groups excluding carboxylic acids is 1. The number of benzene rings is 1. The fourth-order valence-corrected chi connectivity index (χ4v) is 2.86. The van der Waals surface area contributed by atoms with Crippen molar-refractivity contribution in [2.75, 3.05) is 6.54 Å². The third-order valence-electron chi connectivity index (χ3n) is 4.20. The van der Waals surface area contributed by atoms with Crippen LogP contribution in [0, 0.1) is 12.8 Å². The monoisotopic (exact) mass is 258 g/mol. The number of nitrogens with one attached hydrogen (secondary N) is 2. The highest BCUT2D eigenvalue weighted by molar-refractivity contribution is 5.82. The van der Waals surface area contributed by atoms with E-state index in [2.05, 4.69) is 41.8 Å². The summed E-state index contributed by atoms with van der Waals surface area (Å²) in [7, 11) is 0. The molecular weight excluding hydrogens is 236 g/mol. The Labute approximate surface area is 114 Å². The molecule has 19 heavy (non-hydrogen) atoms. The van der Waals surface area contributed by atoms with E-state index in [9.17, 15) is 4.79 Å². The van der Waals surface area contributed by atoms with Crippen molar-refractivity contribution >= 4 is 5.91 Å². The molecule has 1 saturated heterocycles. The van der Waals surface area contributed by atoms with Crippen LogP contribution in [0.25, 0.3) is 0 Å². The summed E-state index contributed by atoms with van der Waals surface area (Å²) in [6.07, 6.45) is 4.59. The fraction of sp³-hybridized carbons (Fsp3) is 0.562. The van der Waals surface area contributed by atoms with Gasteiger partial charge in [-0.3, -0.25) is 10.1 Å². The lowest BCUT2D eigenvalue weighted by Gasteiger charge is -2.28. The van der Waals surface area contributed by atoms with Crippen LogP contribution in [0.15, 0.2) is 24.3 Å². The van der Waals surface area contributed by atoms with Gasteiger partial charge in [0.25, 0.3) is 0 Å². The first kappa shape index (κ1) is 12.7. The molecule has 3 heteroatoms. The normalized spacial score (nSPS) is 24.9. The fourth-order valence-electron chi connectivity index (χ4n) is 2.86. The van der Waals surface area contributed by atoms with Gasteiger partial charge in [0.15, 0.2) is 0 Å². The van der Waals surface area contributed by atoms with E-state index >= 15 is 0 Å². The molecule has 2 unspecified atom stereocenters. The summed E-state index contributed by atoms with van der Waals surface area (Å²) in [4.78, 5) is 11.9. The van der Waals surface area contributed by atoms with Crippen LogP contribution in [-0.2, 0) is 4.79 Å². The highest BCUT2D eigenvalue weighted by Gasteiger charge is 2.35. The second kappa shape index (κ2) is 5.33. The summed E-state index contributed by atoms with van der Waals surface area (Å²) in [6.45, 7) is 2.94. The van der Waals surface area contributed by atoms with E-state index < -0.39 is 0 Å². The molecule has 102 valence electrons. The summed E-state index contributed by atoms with van der Waals surface area (Å²) < 4.78 is 0. The molecule has 1 aliphatic heterocycles. The van der Waals surface area contributed by atoms with E-state index in [4.69, 9.17) is 0 Å². The molecule has 1 aromatic rings. The Morgan fingerprint density at radius 2 is 1.95 bits per heavy atom. The van der Waals surface area contributed by atoms with Crippen molar-refractivity contribution in [2.24, 2.45) is 5.92 Å². The third kappa shape index (κ3) is 2.98. The molecule has 1 heterocycles. The third-order valence-corrected chi connectivity index (χ3v) is 4.20. The second-order valence-electron chi connectivity index (χ2n) is 5.88. The van der Waals surface area contributed by atoms with Crippen LogP contribution in [0.3, 0.4) is 0 Å².